The first-order valence-corrected chi connectivity index (χ1v) is 12.7. The van der Waals surface area contributed by atoms with Crippen LogP contribution in [0.3, 0.4) is 0 Å². The summed E-state index contributed by atoms with van der Waals surface area (Å²) in [6, 6.07) is 22.3. The van der Waals surface area contributed by atoms with Gasteiger partial charge in [-0.25, -0.2) is 4.68 Å². The monoisotopic (exact) mass is 492 g/mol. The van der Waals surface area contributed by atoms with E-state index in [-0.39, 0.29) is 18.0 Å². The van der Waals surface area contributed by atoms with Gasteiger partial charge in [-0.3, -0.25) is 9.59 Å². The molecule has 37 heavy (non-hydrogen) atoms. The van der Waals surface area contributed by atoms with Gasteiger partial charge in [-0.2, -0.15) is 5.10 Å². The number of fused-ring (bicyclic) bond motifs is 3. The van der Waals surface area contributed by atoms with Crippen molar-refractivity contribution in [3.05, 3.63) is 111 Å². The third kappa shape index (κ3) is 4.67. The van der Waals surface area contributed by atoms with E-state index in [1.54, 1.807) is 11.1 Å². The number of hydrogen-bond donors (Lipinski definition) is 0. The Bertz CT molecular complexity index is 1640. The predicted octanol–water partition coefficient (Wildman–Crippen LogP) is 5.37. The van der Waals surface area contributed by atoms with Crippen molar-refractivity contribution in [3.63, 3.8) is 0 Å². The summed E-state index contributed by atoms with van der Waals surface area (Å²) in [5, 5.41) is 6.23. The number of carbonyl (C=O) groups is 1. The third-order valence-electron chi connectivity index (χ3n) is 7.17. The van der Waals surface area contributed by atoms with Crippen LogP contribution in [0.4, 0.5) is 0 Å². The van der Waals surface area contributed by atoms with E-state index in [0.29, 0.717) is 25.2 Å². The van der Waals surface area contributed by atoms with Gasteiger partial charge < -0.3 is 9.47 Å². The second-order valence-corrected chi connectivity index (χ2v) is 9.74. The summed E-state index contributed by atoms with van der Waals surface area (Å²) in [4.78, 5) is 28.8. The number of amides is 1. The highest BCUT2D eigenvalue weighted by atomic mass is 16.2. The van der Waals surface area contributed by atoms with Gasteiger partial charge in [0.15, 0.2) is 0 Å². The molecule has 6 nitrogen and oxygen atoms in total. The fourth-order valence-corrected chi connectivity index (χ4v) is 5.30. The molecular weight excluding hydrogens is 460 g/mol. The van der Waals surface area contributed by atoms with Gasteiger partial charge >= 0.3 is 0 Å². The molecule has 0 aliphatic heterocycles. The zero-order valence-corrected chi connectivity index (χ0v) is 21.9. The Balaban J connectivity index is 1.57. The van der Waals surface area contributed by atoms with Crippen LogP contribution in [0.1, 0.15) is 34.7 Å². The minimum absolute atomic E-state index is 0.0977. The van der Waals surface area contributed by atoms with E-state index in [1.807, 2.05) is 61.5 Å². The summed E-state index contributed by atoms with van der Waals surface area (Å²) >= 11 is 0. The standard InChI is InChI=1S/C31H32N4O2/c1-5-33(18-24-11-7-6-8-12-24)29(36)20-35-31(37)30-26(17-32-35)25-13-9-10-14-28(25)34(30)19-27-22(3)15-21(2)16-23(27)4/h6-17H,5,18-20H2,1-4H3. The molecule has 0 radical (unpaired) electrons. The van der Waals surface area contributed by atoms with Crippen LogP contribution in [0.25, 0.3) is 21.8 Å². The molecule has 0 bridgehead atoms. The molecule has 0 saturated heterocycles. The lowest BCUT2D eigenvalue weighted by Crippen LogP contribution is -2.37. The molecule has 0 fully saturated rings. The van der Waals surface area contributed by atoms with Crippen LogP contribution in [-0.4, -0.2) is 31.7 Å². The highest BCUT2D eigenvalue weighted by molar-refractivity contribution is 6.07. The summed E-state index contributed by atoms with van der Waals surface area (Å²) in [5.41, 5.74) is 7.19. The lowest BCUT2D eigenvalue weighted by Gasteiger charge is -2.21. The molecule has 2 aromatic heterocycles. The quantitative estimate of drug-likeness (QED) is 0.307. The van der Waals surface area contributed by atoms with Gasteiger partial charge in [0.1, 0.15) is 12.1 Å². The maximum Gasteiger partial charge on any atom is 0.291 e. The first-order chi connectivity index (χ1) is 17.9. The Kier molecular flexibility index (Phi) is 6.66. The first kappa shape index (κ1) is 24.5. The molecule has 188 valence electrons. The Labute approximate surface area is 216 Å². The maximum atomic E-state index is 13.8. The number of benzene rings is 3. The number of aryl methyl sites for hydroxylation is 3. The van der Waals surface area contributed by atoms with Crippen LogP contribution >= 0.6 is 0 Å². The maximum absolute atomic E-state index is 13.8. The molecule has 1 amide bonds. The van der Waals surface area contributed by atoms with Gasteiger partial charge in [0.25, 0.3) is 5.56 Å². The van der Waals surface area contributed by atoms with Crippen LogP contribution in [0.2, 0.25) is 0 Å². The Morgan fingerprint density at radius 3 is 2.30 bits per heavy atom. The molecule has 5 rings (SSSR count). The normalized spacial score (nSPS) is 11.4. The van der Waals surface area contributed by atoms with Crippen molar-refractivity contribution in [3.8, 4) is 0 Å². The molecule has 5 aromatic rings. The largest absolute Gasteiger partial charge is 0.337 e. The lowest BCUT2D eigenvalue weighted by atomic mass is 10.00. The van der Waals surface area contributed by atoms with Crippen LogP contribution in [0.15, 0.2) is 77.7 Å². The fraction of sp³-hybridized carbons (Fsp3) is 0.258. The number of rotatable bonds is 7. The number of hydrogen-bond acceptors (Lipinski definition) is 3. The number of likely N-dealkylation sites (N-methyl/N-ethyl adjacent to an activating group) is 1. The van der Waals surface area contributed by atoms with Crippen LogP contribution < -0.4 is 5.56 Å². The van der Waals surface area contributed by atoms with E-state index in [1.165, 1.54) is 26.9 Å². The first-order valence-electron chi connectivity index (χ1n) is 12.7. The Hall–Kier alpha value is -4.19. The van der Waals surface area contributed by atoms with Crippen molar-refractivity contribution in [2.24, 2.45) is 0 Å². The second kappa shape index (κ2) is 10.1. The second-order valence-electron chi connectivity index (χ2n) is 9.74. The molecule has 0 aliphatic carbocycles. The lowest BCUT2D eigenvalue weighted by molar-refractivity contribution is -0.132. The SMILES string of the molecule is CCN(Cc1ccccc1)C(=O)Cn1ncc2c3ccccc3n(Cc3c(C)cc(C)cc3C)c2c1=O. The average molecular weight is 493 g/mol. The van der Waals surface area contributed by atoms with Crippen molar-refractivity contribution >= 4 is 27.7 Å². The number of para-hydroxylation sites is 1. The minimum atomic E-state index is -0.250. The molecule has 0 spiro atoms. The average Bonchev–Trinajstić information content (AvgIpc) is 3.21. The van der Waals surface area contributed by atoms with Crippen LogP contribution in [-0.2, 0) is 24.4 Å². The predicted molar refractivity (Wildman–Crippen MR) is 149 cm³/mol. The Morgan fingerprint density at radius 2 is 1.59 bits per heavy atom. The van der Waals surface area contributed by atoms with Crippen molar-refractivity contribution < 1.29 is 4.79 Å². The highest BCUT2D eigenvalue weighted by Gasteiger charge is 2.20. The van der Waals surface area contributed by atoms with Gasteiger partial charge in [-0.15, -0.1) is 0 Å². The van der Waals surface area contributed by atoms with Crippen molar-refractivity contribution in [2.45, 2.75) is 47.3 Å². The molecular formula is C31H32N4O2. The van der Waals surface area contributed by atoms with E-state index in [0.717, 1.165) is 21.9 Å². The smallest absolute Gasteiger partial charge is 0.291 e. The van der Waals surface area contributed by atoms with E-state index in [2.05, 4.69) is 42.6 Å². The summed E-state index contributed by atoms with van der Waals surface area (Å²) in [6.45, 7) is 9.81. The number of nitrogens with zero attached hydrogens (tertiary/aromatic N) is 4. The van der Waals surface area contributed by atoms with Gasteiger partial charge in [0, 0.05) is 35.9 Å². The van der Waals surface area contributed by atoms with Gasteiger partial charge in [-0.1, -0.05) is 66.2 Å². The zero-order valence-electron chi connectivity index (χ0n) is 21.9. The molecule has 0 aliphatic rings. The summed E-state index contributed by atoms with van der Waals surface area (Å²) in [5.74, 6) is -0.131. The third-order valence-corrected chi connectivity index (χ3v) is 7.17. The molecule has 0 saturated carbocycles. The molecule has 2 heterocycles. The van der Waals surface area contributed by atoms with E-state index in [9.17, 15) is 9.59 Å². The topological polar surface area (TPSA) is 60.1 Å². The summed E-state index contributed by atoms with van der Waals surface area (Å²) < 4.78 is 3.39. The number of aromatic nitrogens is 3. The highest BCUT2D eigenvalue weighted by Crippen LogP contribution is 2.28. The minimum Gasteiger partial charge on any atom is -0.337 e. The van der Waals surface area contributed by atoms with E-state index >= 15 is 0 Å². The van der Waals surface area contributed by atoms with E-state index < -0.39 is 0 Å². The van der Waals surface area contributed by atoms with Gasteiger partial charge in [0.2, 0.25) is 5.91 Å². The molecule has 0 unspecified atom stereocenters. The molecule has 0 atom stereocenters. The molecule has 0 N–H and O–H groups in total. The van der Waals surface area contributed by atoms with Crippen LogP contribution in [0.5, 0.6) is 0 Å². The summed E-state index contributed by atoms with van der Waals surface area (Å²) in [6.07, 6.45) is 1.73. The summed E-state index contributed by atoms with van der Waals surface area (Å²) in [7, 11) is 0. The van der Waals surface area contributed by atoms with Crippen molar-refractivity contribution in [1.29, 1.82) is 0 Å². The van der Waals surface area contributed by atoms with E-state index in [4.69, 9.17) is 0 Å². The van der Waals surface area contributed by atoms with Crippen molar-refractivity contribution in [1.82, 2.24) is 19.2 Å². The molecule has 6 heteroatoms. The number of carbonyl (C=O) groups excluding carboxylic acids is 1. The van der Waals surface area contributed by atoms with Crippen molar-refractivity contribution in [2.75, 3.05) is 6.54 Å². The fourth-order valence-electron chi connectivity index (χ4n) is 5.30. The van der Waals surface area contributed by atoms with Gasteiger partial charge in [0.05, 0.1) is 6.20 Å². The molecule has 3 aromatic carbocycles. The van der Waals surface area contributed by atoms with Crippen LogP contribution in [0, 0.1) is 20.8 Å². The Morgan fingerprint density at radius 1 is 0.919 bits per heavy atom. The van der Waals surface area contributed by atoms with Gasteiger partial charge in [-0.05, 0) is 56.0 Å². The zero-order chi connectivity index (χ0) is 26.1.